The normalized spacial score (nSPS) is 56.8. The van der Waals surface area contributed by atoms with Crippen LogP contribution in [0.15, 0.2) is 5.16 Å². The average molecular weight is 177 g/mol. The molecule has 0 saturated heterocycles. The molecule has 4 aliphatic carbocycles. The van der Waals surface area contributed by atoms with Crippen molar-refractivity contribution in [2.75, 3.05) is 0 Å². The van der Waals surface area contributed by atoms with Crippen molar-refractivity contribution in [2.24, 2.45) is 34.2 Å². The first-order valence-electron chi connectivity index (χ1n) is 5.55. The molecular weight excluding hydrogens is 162 g/mol. The molecule has 70 valence electrons. The van der Waals surface area contributed by atoms with Crippen LogP contribution in [0, 0.1) is 29.1 Å². The van der Waals surface area contributed by atoms with E-state index in [1.807, 2.05) is 0 Å². The van der Waals surface area contributed by atoms with Crippen molar-refractivity contribution < 1.29 is 5.21 Å². The van der Waals surface area contributed by atoms with Gasteiger partial charge in [-0.2, -0.15) is 0 Å². The maximum absolute atomic E-state index is 8.85. The van der Waals surface area contributed by atoms with Crippen LogP contribution in [-0.4, -0.2) is 10.9 Å². The van der Waals surface area contributed by atoms with Gasteiger partial charge in [-0.25, -0.2) is 0 Å². The minimum Gasteiger partial charge on any atom is -0.411 e. The van der Waals surface area contributed by atoms with E-state index in [1.165, 1.54) is 25.7 Å². The van der Waals surface area contributed by atoms with Gasteiger partial charge < -0.3 is 5.21 Å². The molecule has 2 heteroatoms. The monoisotopic (exact) mass is 177 g/mol. The number of hydrogen-bond donors (Lipinski definition) is 1. The molecule has 0 amide bonds. The lowest BCUT2D eigenvalue weighted by Gasteiger charge is -2.48. The summed E-state index contributed by atoms with van der Waals surface area (Å²) in [4.78, 5) is 0. The molecule has 0 aromatic heterocycles. The van der Waals surface area contributed by atoms with E-state index in [2.05, 4.69) is 5.16 Å². The minimum atomic E-state index is 0.686. The highest BCUT2D eigenvalue weighted by molar-refractivity contribution is 5.90. The van der Waals surface area contributed by atoms with Gasteiger partial charge in [0.15, 0.2) is 0 Å². The molecule has 2 nitrogen and oxygen atoms in total. The molecule has 0 aromatic rings. The second-order valence-electron chi connectivity index (χ2n) is 5.65. The molecule has 4 aliphatic rings. The first-order chi connectivity index (χ1) is 6.34. The van der Waals surface area contributed by atoms with Gasteiger partial charge in [0, 0.05) is 5.92 Å². The van der Waals surface area contributed by atoms with Gasteiger partial charge in [0.2, 0.25) is 0 Å². The second-order valence-corrected chi connectivity index (χ2v) is 5.65. The third kappa shape index (κ3) is 0.598. The quantitative estimate of drug-likeness (QED) is 0.447. The van der Waals surface area contributed by atoms with Crippen molar-refractivity contribution in [3.8, 4) is 0 Å². The summed E-state index contributed by atoms with van der Waals surface area (Å²) in [5.41, 5.74) is 1.95. The standard InChI is InChI=1S/C11H15NO/c13-12-9-4-6-3-7(9)8-5-11(1-2-11)10(6)8/h6-8,10,13H,1-5H2/b12-9-. The number of fused-ring (bicyclic) bond motifs is 6. The molecule has 4 rings (SSSR count). The smallest absolute Gasteiger partial charge is 0.0607 e. The van der Waals surface area contributed by atoms with Crippen molar-refractivity contribution in [1.29, 1.82) is 0 Å². The van der Waals surface area contributed by atoms with Gasteiger partial charge in [-0.1, -0.05) is 5.16 Å². The number of nitrogens with zero attached hydrogens (tertiary/aromatic N) is 1. The molecule has 4 atom stereocenters. The summed E-state index contributed by atoms with van der Waals surface area (Å²) in [6.07, 6.45) is 6.92. The van der Waals surface area contributed by atoms with Gasteiger partial charge in [0.25, 0.3) is 0 Å². The van der Waals surface area contributed by atoms with Crippen LogP contribution in [0.1, 0.15) is 32.1 Å². The molecule has 0 radical (unpaired) electrons. The Hall–Kier alpha value is -0.530. The first-order valence-corrected chi connectivity index (χ1v) is 5.55. The van der Waals surface area contributed by atoms with Crippen molar-refractivity contribution in [2.45, 2.75) is 32.1 Å². The Morgan fingerprint density at radius 2 is 2.23 bits per heavy atom. The third-order valence-electron chi connectivity index (χ3n) is 5.31. The zero-order chi connectivity index (χ0) is 8.63. The Bertz CT molecular complexity index is 303. The Balaban J connectivity index is 1.70. The van der Waals surface area contributed by atoms with Gasteiger partial charge >= 0.3 is 0 Å². The van der Waals surface area contributed by atoms with Gasteiger partial charge in [-0.3, -0.25) is 0 Å². The fourth-order valence-corrected chi connectivity index (χ4v) is 4.74. The van der Waals surface area contributed by atoms with E-state index in [1.54, 1.807) is 0 Å². The Kier molecular flexibility index (Phi) is 0.946. The van der Waals surface area contributed by atoms with Crippen LogP contribution in [0.2, 0.25) is 0 Å². The van der Waals surface area contributed by atoms with Gasteiger partial charge in [0.1, 0.15) is 0 Å². The average Bonchev–Trinajstić information content (AvgIpc) is 2.76. The Morgan fingerprint density at radius 1 is 1.38 bits per heavy atom. The Morgan fingerprint density at radius 3 is 2.85 bits per heavy atom. The first kappa shape index (κ1) is 6.86. The van der Waals surface area contributed by atoms with Crippen LogP contribution in [0.5, 0.6) is 0 Å². The highest BCUT2D eigenvalue weighted by Crippen LogP contribution is 2.76. The molecule has 0 aromatic carbocycles. The molecule has 0 heterocycles. The van der Waals surface area contributed by atoms with E-state index in [-0.39, 0.29) is 0 Å². The van der Waals surface area contributed by atoms with E-state index in [9.17, 15) is 0 Å². The van der Waals surface area contributed by atoms with E-state index in [4.69, 9.17) is 5.21 Å². The zero-order valence-electron chi connectivity index (χ0n) is 7.74. The number of oxime groups is 1. The molecule has 2 bridgehead atoms. The molecule has 4 unspecified atom stereocenters. The number of hydrogen-bond acceptors (Lipinski definition) is 2. The second kappa shape index (κ2) is 1.79. The van der Waals surface area contributed by atoms with Gasteiger partial charge in [-0.05, 0) is 55.3 Å². The molecule has 13 heavy (non-hydrogen) atoms. The predicted octanol–water partition coefficient (Wildman–Crippen LogP) is 2.27. The van der Waals surface area contributed by atoms with Crippen molar-refractivity contribution in [3.63, 3.8) is 0 Å². The highest BCUT2D eigenvalue weighted by atomic mass is 16.4. The SMILES string of the molecule is O/N=C1/CC2CC1C1CC3(CC3)C21. The van der Waals surface area contributed by atoms with E-state index in [0.29, 0.717) is 5.92 Å². The summed E-state index contributed by atoms with van der Waals surface area (Å²) in [5.74, 6) is 3.55. The van der Waals surface area contributed by atoms with Crippen LogP contribution < -0.4 is 0 Å². The van der Waals surface area contributed by atoms with Gasteiger partial charge in [-0.15, -0.1) is 0 Å². The van der Waals surface area contributed by atoms with E-state index < -0.39 is 0 Å². The fraction of sp³-hybridized carbons (Fsp3) is 0.909. The third-order valence-corrected chi connectivity index (χ3v) is 5.31. The van der Waals surface area contributed by atoms with Crippen molar-refractivity contribution in [1.82, 2.24) is 0 Å². The summed E-state index contributed by atoms with van der Waals surface area (Å²) in [7, 11) is 0. The largest absolute Gasteiger partial charge is 0.411 e. The minimum absolute atomic E-state index is 0.686. The topological polar surface area (TPSA) is 32.6 Å². The molecular formula is C11H15NO. The summed E-state index contributed by atoms with van der Waals surface area (Å²) in [6, 6.07) is 0. The molecule has 4 fully saturated rings. The lowest BCUT2D eigenvalue weighted by molar-refractivity contribution is 0.0265. The van der Waals surface area contributed by atoms with E-state index >= 15 is 0 Å². The molecule has 1 spiro atoms. The van der Waals surface area contributed by atoms with Crippen molar-refractivity contribution >= 4 is 5.71 Å². The lowest BCUT2D eigenvalue weighted by Crippen LogP contribution is -2.45. The van der Waals surface area contributed by atoms with Crippen LogP contribution >= 0.6 is 0 Å². The predicted molar refractivity (Wildman–Crippen MR) is 48.7 cm³/mol. The highest BCUT2D eigenvalue weighted by Gasteiger charge is 2.70. The summed E-state index contributed by atoms with van der Waals surface area (Å²) >= 11 is 0. The molecule has 1 N–H and O–H groups in total. The zero-order valence-corrected chi connectivity index (χ0v) is 7.74. The van der Waals surface area contributed by atoms with Crippen LogP contribution in [0.4, 0.5) is 0 Å². The van der Waals surface area contributed by atoms with E-state index in [0.717, 1.165) is 35.3 Å². The van der Waals surface area contributed by atoms with Crippen LogP contribution in [0.3, 0.4) is 0 Å². The summed E-state index contributed by atoms with van der Waals surface area (Å²) in [5, 5.41) is 12.3. The van der Waals surface area contributed by atoms with Crippen LogP contribution in [-0.2, 0) is 0 Å². The maximum Gasteiger partial charge on any atom is 0.0607 e. The van der Waals surface area contributed by atoms with Crippen LogP contribution in [0.25, 0.3) is 0 Å². The lowest BCUT2D eigenvalue weighted by atomic mass is 9.56. The van der Waals surface area contributed by atoms with Crippen molar-refractivity contribution in [3.05, 3.63) is 0 Å². The van der Waals surface area contributed by atoms with Gasteiger partial charge in [0.05, 0.1) is 5.71 Å². The summed E-state index contributed by atoms with van der Waals surface area (Å²) < 4.78 is 0. The number of rotatable bonds is 0. The molecule has 0 aliphatic heterocycles. The Labute approximate surface area is 78.0 Å². The fourth-order valence-electron chi connectivity index (χ4n) is 4.74. The molecule has 4 saturated carbocycles. The summed E-state index contributed by atoms with van der Waals surface area (Å²) in [6.45, 7) is 0. The maximum atomic E-state index is 8.85.